The van der Waals surface area contributed by atoms with Crippen LogP contribution in [0.2, 0.25) is 0 Å². The summed E-state index contributed by atoms with van der Waals surface area (Å²) in [5.74, 6) is -1.34. The molecule has 0 aromatic carbocycles. The molecular formula is C10H7BrN2O3S2. The molecule has 0 aliphatic heterocycles. The molecule has 94 valence electrons. The fourth-order valence-corrected chi connectivity index (χ4v) is 3.41. The summed E-state index contributed by atoms with van der Waals surface area (Å²) in [6, 6.07) is 1.92. The van der Waals surface area contributed by atoms with Gasteiger partial charge in [-0.3, -0.25) is 4.79 Å². The van der Waals surface area contributed by atoms with Crippen molar-refractivity contribution in [3.63, 3.8) is 0 Å². The van der Waals surface area contributed by atoms with Gasteiger partial charge in [-0.1, -0.05) is 0 Å². The van der Waals surface area contributed by atoms with Crippen molar-refractivity contribution >= 4 is 50.5 Å². The lowest BCUT2D eigenvalue weighted by Gasteiger charge is -1.97. The van der Waals surface area contributed by atoms with Gasteiger partial charge < -0.3 is 10.5 Å². The molecule has 0 unspecified atom stereocenters. The average molecular weight is 347 g/mol. The second-order valence-electron chi connectivity index (χ2n) is 3.21. The van der Waals surface area contributed by atoms with E-state index in [1.807, 2.05) is 11.4 Å². The Hall–Kier alpha value is -1.25. The van der Waals surface area contributed by atoms with Crippen LogP contribution in [0, 0.1) is 0 Å². The summed E-state index contributed by atoms with van der Waals surface area (Å²) in [4.78, 5) is 27.1. The largest absolute Gasteiger partial charge is 0.451 e. The molecule has 0 saturated carbocycles. The van der Waals surface area contributed by atoms with Crippen LogP contribution in [0.25, 0.3) is 9.88 Å². The summed E-state index contributed by atoms with van der Waals surface area (Å²) in [6.07, 6.45) is 0. The first-order chi connectivity index (χ1) is 8.56. The van der Waals surface area contributed by atoms with Crippen molar-refractivity contribution < 1.29 is 14.3 Å². The minimum Gasteiger partial charge on any atom is -0.451 e. The molecule has 18 heavy (non-hydrogen) atoms. The van der Waals surface area contributed by atoms with Crippen LogP contribution in [-0.2, 0) is 9.53 Å². The first-order valence-corrected chi connectivity index (χ1v) is 7.27. The van der Waals surface area contributed by atoms with E-state index in [0.29, 0.717) is 0 Å². The number of primary amides is 1. The van der Waals surface area contributed by atoms with Crippen molar-refractivity contribution in [2.24, 2.45) is 5.73 Å². The molecule has 0 fully saturated rings. The number of halogens is 1. The lowest BCUT2D eigenvalue weighted by Crippen LogP contribution is -2.21. The van der Waals surface area contributed by atoms with Crippen LogP contribution in [0.1, 0.15) is 10.5 Å². The Morgan fingerprint density at radius 3 is 2.78 bits per heavy atom. The average Bonchev–Trinajstić information content (AvgIpc) is 2.93. The van der Waals surface area contributed by atoms with Gasteiger partial charge in [-0.05, 0) is 22.0 Å². The zero-order valence-corrected chi connectivity index (χ0v) is 12.1. The Bertz CT molecular complexity index is 593. The Labute approximate surface area is 119 Å². The van der Waals surface area contributed by atoms with Crippen LogP contribution in [0.3, 0.4) is 0 Å². The van der Waals surface area contributed by atoms with Crippen LogP contribution < -0.4 is 5.73 Å². The van der Waals surface area contributed by atoms with Gasteiger partial charge in [-0.25, -0.2) is 9.78 Å². The predicted octanol–water partition coefficient (Wildman–Crippen LogP) is 2.28. The standard InChI is InChI=1S/C10H7BrN2O3S2/c11-5-1-7(17-3-5)9-13-6(4-18-9)10(15)16-2-8(12)14/h1,3-4H,2H2,(H2,12,14). The number of carbonyl (C=O) groups excluding carboxylic acids is 2. The number of hydrogen-bond donors (Lipinski definition) is 1. The lowest BCUT2D eigenvalue weighted by atomic mass is 10.4. The fraction of sp³-hybridized carbons (Fsp3) is 0.100. The molecular weight excluding hydrogens is 340 g/mol. The van der Waals surface area contributed by atoms with E-state index < -0.39 is 18.5 Å². The van der Waals surface area contributed by atoms with Crippen LogP contribution in [0.5, 0.6) is 0 Å². The summed E-state index contributed by atoms with van der Waals surface area (Å²) in [5.41, 5.74) is 5.06. The van der Waals surface area contributed by atoms with E-state index in [-0.39, 0.29) is 5.69 Å². The number of rotatable bonds is 4. The fourth-order valence-electron chi connectivity index (χ4n) is 1.12. The maximum atomic E-state index is 11.5. The molecule has 0 bridgehead atoms. The molecule has 0 atom stereocenters. The molecule has 2 heterocycles. The third-order valence-electron chi connectivity index (χ3n) is 1.84. The summed E-state index contributed by atoms with van der Waals surface area (Å²) in [7, 11) is 0. The van der Waals surface area contributed by atoms with Gasteiger partial charge in [0, 0.05) is 15.2 Å². The highest BCUT2D eigenvalue weighted by Crippen LogP contribution is 2.32. The molecule has 0 spiro atoms. The molecule has 2 aromatic heterocycles. The van der Waals surface area contributed by atoms with Gasteiger partial charge in [0.1, 0.15) is 5.01 Å². The summed E-state index contributed by atoms with van der Waals surface area (Å²) in [5, 5.41) is 4.26. The third kappa shape index (κ3) is 3.15. The molecule has 2 aromatic rings. The van der Waals surface area contributed by atoms with Crippen molar-refractivity contribution in [2.75, 3.05) is 6.61 Å². The minimum absolute atomic E-state index is 0.181. The van der Waals surface area contributed by atoms with Gasteiger partial charge in [-0.15, -0.1) is 22.7 Å². The lowest BCUT2D eigenvalue weighted by molar-refractivity contribution is -0.121. The molecule has 0 aliphatic rings. The molecule has 0 radical (unpaired) electrons. The number of aromatic nitrogens is 1. The zero-order chi connectivity index (χ0) is 13.1. The number of ether oxygens (including phenoxy) is 1. The van der Waals surface area contributed by atoms with Crippen LogP contribution in [-0.4, -0.2) is 23.5 Å². The number of hydrogen-bond acceptors (Lipinski definition) is 6. The first kappa shape index (κ1) is 13.2. The van der Waals surface area contributed by atoms with E-state index in [0.717, 1.165) is 14.4 Å². The number of thiophene rings is 1. The molecule has 1 amide bonds. The monoisotopic (exact) mass is 346 g/mol. The molecule has 2 rings (SSSR count). The van der Waals surface area contributed by atoms with Crippen molar-refractivity contribution in [3.05, 3.63) is 27.0 Å². The SMILES string of the molecule is NC(=O)COC(=O)c1csc(-c2cc(Br)cs2)n1. The van der Waals surface area contributed by atoms with E-state index in [9.17, 15) is 9.59 Å². The Balaban J connectivity index is 2.10. The summed E-state index contributed by atoms with van der Waals surface area (Å²) < 4.78 is 5.64. The number of thiazole rings is 1. The number of nitrogens with zero attached hydrogens (tertiary/aromatic N) is 1. The van der Waals surface area contributed by atoms with Crippen LogP contribution in [0.4, 0.5) is 0 Å². The highest BCUT2D eigenvalue weighted by molar-refractivity contribution is 9.10. The summed E-state index contributed by atoms with van der Waals surface area (Å²) >= 11 is 6.21. The molecule has 0 aliphatic carbocycles. The molecule has 0 saturated heterocycles. The topological polar surface area (TPSA) is 82.3 Å². The highest BCUT2D eigenvalue weighted by Gasteiger charge is 2.14. The van der Waals surface area contributed by atoms with Gasteiger partial charge in [0.25, 0.3) is 5.91 Å². The minimum atomic E-state index is -0.694. The molecule has 5 nitrogen and oxygen atoms in total. The first-order valence-electron chi connectivity index (χ1n) is 4.71. The number of nitrogens with two attached hydrogens (primary N) is 1. The van der Waals surface area contributed by atoms with E-state index in [1.54, 1.807) is 5.38 Å². The van der Waals surface area contributed by atoms with Crippen LogP contribution in [0.15, 0.2) is 21.3 Å². The van der Waals surface area contributed by atoms with E-state index in [4.69, 9.17) is 5.73 Å². The Morgan fingerprint density at radius 1 is 1.39 bits per heavy atom. The van der Waals surface area contributed by atoms with Gasteiger partial charge in [0.2, 0.25) is 0 Å². The van der Waals surface area contributed by atoms with Gasteiger partial charge in [-0.2, -0.15) is 0 Å². The van der Waals surface area contributed by atoms with E-state index in [1.165, 1.54) is 22.7 Å². The normalized spacial score (nSPS) is 10.3. The number of carbonyl (C=O) groups is 2. The van der Waals surface area contributed by atoms with Crippen molar-refractivity contribution in [1.29, 1.82) is 0 Å². The van der Waals surface area contributed by atoms with E-state index in [2.05, 4.69) is 25.7 Å². The molecule has 2 N–H and O–H groups in total. The third-order valence-corrected chi connectivity index (χ3v) is 4.54. The quantitative estimate of drug-likeness (QED) is 0.861. The summed E-state index contributed by atoms with van der Waals surface area (Å²) in [6.45, 7) is -0.434. The Kier molecular flexibility index (Phi) is 4.10. The predicted molar refractivity (Wildman–Crippen MR) is 72.6 cm³/mol. The van der Waals surface area contributed by atoms with Crippen molar-refractivity contribution in [2.45, 2.75) is 0 Å². The maximum absolute atomic E-state index is 11.5. The van der Waals surface area contributed by atoms with Crippen molar-refractivity contribution in [3.8, 4) is 9.88 Å². The highest BCUT2D eigenvalue weighted by atomic mass is 79.9. The number of amides is 1. The number of esters is 1. The Morgan fingerprint density at radius 2 is 2.17 bits per heavy atom. The maximum Gasteiger partial charge on any atom is 0.358 e. The van der Waals surface area contributed by atoms with Gasteiger partial charge in [0.15, 0.2) is 12.3 Å². The van der Waals surface area contributed by atoms with E-state index >= 15 is 0 Å². The van der Waals surface area contributed by atoms with Gasteiger partial charge in [0.05, 0.1) is 4.88 Å². The van der Waals surface area contributed by atoms with Crippen LogP contribution >= 0.6 is 38.6 Å². The second kappa shape index (κ2) is 5.59. The molecule has 8 heteroatoms. The smallest absolute Gasteiger partial charge is 0.358 e. The van der Waals surface area contributed by atoms with Gasteiger partial charge >= 0.3 is 5.97 Å². The van der Waals surface area contributed by atoms with Crippen molar-refractivity contribution in [1.82, 2.24) is 4.98 Å². The second-order valence-corrected chi connectivity index (χ2v) is 5.89. The zero-order valence-electron chi connectivity index (χ0n) is 8.88.